The number of piperazine rings is 3. The predicted octanol–water partition coefficient (Wildman–Crippen LogP) is -2.66. The van der Waals surface area contributed by atoms with Crippen molar-refractivity contribution in [1.82, 2.24) is 47.0 Å². The summed E-state index contributed by atoms with van der Waals surface area (Å²) in [6, 6.07) is 0.443. The molecule has 6 atom stereocenters. The van der Waals surface area contributed by atoms with Crippen LogP contribution in [0.1, 0.15) is 27.2 Å². The van der Waals surface area contributed by atoms with Crippen LogP contribution in [0.4, 0.5) is 0 Å². The quantitative estimate of drug-likeness (QED) is 0.222. The molecule has 0 radical (unpaired) electrons. The number of ether oxygens (including phenoxy) is 1. The molecule has 6 heterocycles. The van der Waals surface area contributed by atoms with Crippen LogP contribution in [0.3, 0.4) is 0 Å². The Morgan fingerprint density at radius 1 is 1.09 bits per heavy atom. The summed E-state index contributed by atoms with van der Waals surface area (Å²) in [7, 11) is -3.28. The van der Waals surface area contributed by atoms with Crippen molar-refractivity contribution in [2.24, 2.45) is 0 Å². The third-order valence-corrected chi connectivity index (χ3v) is 9.36. The molecule has 6 aliphatic rings. The van der Waals surface area contributed by atoms with Crippen molar-refractivity contribution >= 4 is 9.84 Å². The van der Waals surface area contributed by atoms with Crippen LogP contribution in [0.5, 0.6) is 0 Å². The van der Waals surface area contributed by atoms with Gasteiger partial charge in [0.1, 0.15) is 23.6 Å². The van der Waals surface area contributed by atoms with Crippen LogP contribution in [-0.2, 0) is 14.6 Å². The van der Waals surface area contributed by atoms with Gasteiger partial charge in [-0.3, -0.25) is 31.1 Å². The molecule has 0 amide bonds. The van der Waals surface area contributed by atoms with E-state index in [1.807, 2.05) is 0 Å². The number of nitrogens with zero attached hydrogens (tertiary/aromatic N) is 2. The monoisotopic (exact) mass is 481 g/mol. The minimum absolute atomic E-state index is 0.0110. The van der Waals surface area contributed by atoms with Crippen molar-refractivity contribution in [3.63, 3.8) is 0 Å². The van der Waals surface area contributed by atoms with Crippen LogP contribution < -0.4 is 37.2 Å². The molecular formula is C20H35N9O3S. The number of allylic oxidation sites excluding steroid dienone is 1. The van der Waals surface area contributed by atoms with Crippen molar-refractivity contribution in [3.05, 3.63) is 22.3 Å². The second-order valence-corrected chi connectivity index (χ2v) is 11.9. The molecule has 33 heavy (non-hydrogen) atoms. The van der Waals surface area contributed by atoms with E-state index in [1.165, 1.54) is 0 Å². The van der Waals surface area contributed by atoms with Crippen LogP contribution in [0.15, 0.2) is 22.3 Å². The third kappa shape index (κ3) is 3.52. The normalized spacial score (nSPS) is 40.2. The van der Waals surface area contributed by atoms with Crippen LogP contribution in [0, 0.1) is 0 Å². The molecule has 184 valence electrons. The zero-order valence-corrected chi connectivity index (χ0v) is 20.1. The highest BCUT2D eigenvalue weighted by Gasteiger charge is 2.52. The zero-order valence-electron chi connectivity index (χ0n) is 19.3. The number of hydrogen-bond acceptors (Lipinski definition) is 12. The molecule has 0 saturated carbocycles. The van der Waals surface area contributed by atoms with Gasteiger partial charge in [0.05, 0.1) is 35.3 Å². The molecule has 6 unspecified atom stereocenters. The van der Waals surface area contributed by atoms with E-state index >= 15 is 0 Å². The molecule has 0 aliphatic carbocycles. The van der Waals surface area contributed by atoms with E-state index in [0.717, 1.165) is 25.5 Å². The largest absolute Gasteiger partial charge is 0.472 e. The summed E-state index contributed by atoms with van der Waals surface area (Å²) in [6.07, 6.45) is 0.169. The molecule has 7 N–H and O–H groups in total. The van der Waals surface area contributed by atoms with Gasteiger partial charge in [-0.25, -0.2) is 8.42 Å². The molecule has 0 aromatic heterocycles. The molecule has 0 bridgehead atoms. The van der Waals surface area contributed by atoms with Crippen LogP contribution in [0.25, 0.3) is 0 Å². The molecule has 3 fully saturated rings. The zero-order chi connectivity index (χ0) is 22.9. The molecular weight excluding hydrogens is 446 g/mol. The van der Waals surface area contributed by atoms with E-state index in [-0.39, 0.29) is 49.2 Å². The van der Waals surface area contributed by atoms with Gasteiger partial charge in [0.2, 0.25) is 0 Å². The van der Waals surface area contributed by atoms with Crippen LogP contribution in [-0.4, -0.2) is 93.2 Å². The maximum absolute atomic E-state index is 12.6. The van der Waals surface area contributed by atoms with E-state index in [2.05, 4.69) is 67.8 Å². The van der Waals surface area contributed by atoms with Gasteiger partial charge in [-0.2, -0.15) is 0 Å². The van der Waals surface area contributed by atoms with Gasteiger partial charge in [0, 0.05) is 32.1 Å². The molecule has 0 aromatic carbocycles. The Balaban J connectivity index is 1.24. The fourth-order valence-electron chi connectivity index (χ4n) is 5.94. The molecule has 3 saturated heterocycles. The van der Waals surface area contributed by atoms with Crippen molar-refractivity contribution in [1.29, 1.82) is 0 Å². The smallest absolute Gasteiger partial charge is 0.185 e. The minimum atomic E-state index is -3.28. The van der Waals surface area contributed by atoms with Gasteiger partial charge in [0.25, 0.3) is 0 Å². The molecule has 6 aliphatic heterocycles. The van der Waals surface area contributed by atoms with Crippen molar-refractivity contribution < 1.29 is 13.2 Å². The van der Waals surface area contributed by atoms with E-state index in [9.17, 15) is 8.42 Å². The maximum Gasteiger partial charge on any atom is 0.185 e. The first-order valence-electron chi connectivity index (χ1n) is 12.0. The lowest BCUT2D eigenvalue weighted by Gasteiger charge is -2.60. The number of rotatable bonds is 2. The Hall–Kier alpha value is -1.61. The predicted molar refractivity (Wildman–Crippen MR) is 122 cm³/mol. The molecule has 12 nitrogen and oxygen atoms in total. The number of fused-ring (bicyclic) bond motifs is 3. The van der Waals surface area contributed by atoms with Crippen LogP contribution in [0.2, 0.25) is 0 Å². The van der Waals surface area contributed by atoms with Crippen LogP contribution >= 0.6 is 0 Å². The number of sulfone groups is 1. The van der Waals surface area contributed by atoms with Gasteiger partial charge in [0.15, 0.2) is 16.1 Å². The Kier molecular flexibility index (Phi) is 5.29. The summed E-state index contributed by atoms with van der Waals surface area (Å²) in [5.74, 6) is 2.02. The number of hydrogen-bond donors (Lipinski definition) is 7. The van der Waals surface area contributed by atoms with Crippen molar-refractivity contribution in [3.8, 4) is 0 Å². The van der Waals surface area contributed by atoms with Gasteiger partial charge in [-0.05, 0) is 20.4 Å². The Bertz CT molecular complexity index is 983. The second kappa shape index (κ2) is 7.97. The first-order chi connectivity index (χ1) is 15.9. The average molecular weight is 482 g/mol. The highest BCUT2D eigenvalue weighted by molar-refractivity contribution is 7.95. The lowest BCUT2D eigenvalue weighted by Crippen LogP contribution is -2.87. The second-order valence-electron chi connectivity index (χ2n) is 9.73. The van der Waals surface area contributed by atoms with Gasteiger partial charge in [-0.1, -0.05) is 6.92 Å². The number of likely N-dealkylation sites (N-methyl/N-ethyl adjacent to an activating group) is 1. The summed E-state index contributed by atoms with van der Waals surface area (Å²) in [6.45, 7) is 9.96. The first-order valence-corrected chi connectivity index (χ1v) is 13.7. The summed E-state index contributed by atoms with van der Waals surface area (Å²) in [5.41, 5.74) is 0. The summed E-state index contributed by atoms with van der Waals surface area (Å²) in [5, 5.41) is 24.7. The molecule has 13 heteroatoms. The number of nitrogens with one attached hydrogen (secondary N) is 7. The molecule has 0 spiro atoms. The highest BCUT2D eigenvalue weighted by atomic mass is 32.2. The Morgan fingerprint density at radius 3 is 2.70 bits per heavy atom. The third-order valence-electron chi connectivity index (χ3n) is 7.52. The van der Waals surface area contributed by atoms with E-state index in [0.29, 0.717) is 29.1 Å². The summed E-state index contributed by atoms with van der Waals surface area (Å²) < 4.78 is 31.5. The number of dihydropyridines is 1. The lowest BCUT2D eigenvalue weighted by molar-refractivity contribution is -0.144. The summed E-state index contributed by atoms with van der Waals surface area (Å²) >= 11 is 0. The van der Waals surface area contributed by atoms with Gasteiger partial charge in [-0.15, -0.1) is 0 Å². The molecule has 0 aromatic rings. The fourth-order valence-corrected chi connectivity index (χ4v) is 7.35. The first kappa shape index (κ1) is 21.9. The average Bonchev–Trinajstić information content (AvgIpc) is 2.78. The minimum Gasteiger partial charge on any atom is -0.472 e. The van der Waals surface area contributed by atoms with Gasteiger partial charge >= 0.3 is 0 Å². The van der Waals surface area contributed by atoms with E-state index in [1.54, 1.807) is 0 Å². The summed E-state index contributed by atoms with van der Waals surface area (Å²) in [4.78, 5) is 5.42. The maximum atomic E-state index is 12.6. The Morgan fingerprint density at radius 2 is 1.91 bits per heavy atom. The Labute approximate surface area is 194 Å². The van der Waals surface area contributed by atoms with E-state index in [4.69, 9.17) is 4.74 Å². The van der Waals surface area contributed by atoms with Gasteiger partial charge < -0.3 is 20.7 Å². The SMILES string of the molecule is CCN1C2NC3OC4=C(NC5=C(C4)S(=O)(=O)CCN5)NC3NC2NC2NCCN(C(C)C)C21. The fraction of sp³-hybridized carbons (Fsp3) is 0.800. The lowest BCUT2D eigenvalue weighted by atomic mass is 10.0. The standard InChI is InChI=1S/C20H35N9O3S/c1-4-28-18-15(26-17-20(28)29(10(2)3)7-5-21-17)25-16-19(27-18)32-11-9-12-14(23-13(11)24-16)22-6-8-33(12,30)31/h10,15-27H,4-9H2,1-3H3. The van der Waals surface area contributed by atoms with Crippen molar-refractivity contribution in [2.75, 3.05) is 31.9 Å². The highest BCUT2D eigenvalue weighted by Crippen LogP contribution is 2.33. The topological polar surface area (TPSA) is 134 Å². The van der Waals surface area contributed by atoms with Crippen molar-refractivity contribution in [2.45, 2.75) is 70.3 Å². The molecule has 6 rings (SSSR count). The van der Waals surface area contributed by atoms with E-state index < -0.39 is 9.84 Å².